The predicted molar refractivity (Wildman–Crippen MR) is 94.3 cm³/mol. The van der Waals surface area contributed by atoms with E-state index in [0.717, 1.165) is 5.56 Å². The van der Waals surface area contributed by atoms with Crippen LogP contribution in [0, 0.1) is 0 Å². The highest BCUT2D eigenvalue weighted by Crippen LogP contribution is 2.07. The lowest BCUT2D eigenvalue weighted by Gasteiger charge is -2.23. The van der Waals surface area contributed by atoms with Gasteiger partial charge in [-0.05, 0) is 26.3 Å². The Labute approximate surface area is 153 Å². The first-order valence-corrected chi connectivity index (χ1v) is 8.17. The summed E-state index contributed by atoms with van der Waals surface area (Å²) in [5.74, 6) is -1.17. The van der Waals surface area contributed by atoms with Gasteiger partial charge < -0.3 is 24.8 Å². The topological polar surface area (TPSA) is 103 Å². The molecule has 8 nitrogen and oxygen atoms in total. The van der Waals surface area contributed by atoms with Gasteiger partial charge in [-0.3, -0.25) is 9.59 Å². The molecule has 0 aliphatic heterocycles. The fourth-order valence-electron chi connectivity index (χ4n) is 1.86. The van der Waals surface area contributed by atoms with Crippen molar-refractivity contribution >= 4 is 18.0 Å². The summed E-state index contributed by atoms with van der Waals surface area (Å²) in [5.41, 5.74) is 0.223. The number of esters is 1. The minimum Gasteiger partial charge on any atom is -0.468 e. The van der Waals surface area contributed by atoms with E-state index in [9.17, 15) is 14.4 Å². The van der Waals surface area contributed by atoms with E-state index in [1.165, 1.54) is 7.11 Å². The standard InChI is InChI=1S/C18H26N2O6/c1-18(2,3)26-17(23)20-14(16(22)19-10-15(21)24-4)12-25-11-13-8-6-5-7-9-13/h5-9,14H,10-12H2,1-4H3,(H,19,22)(H,20,23)/t14-/m0/s1. The van der Waals surface area contributed by atoms with Crippen LogP contribution in [0.1, 0.15) is 26.3 Å². The highest BCUT2D eigenvalue weighted by atomic mass is 16.6. The SMILES string of the molecule is COC(=O)CNC(=O)[C@H](COCc1ccccc1)NC(=O)OC(C)(C)C. The normalized spacial score (nSPS) is 12.0. The van der Waals surface area contributed by atoms with Gasteiger partial charge in [0.2, 0.25) is 5.91 Å². The zero-order valence-corrected chi connectivity index (χ0v) is 15.5. The van der Waals surface area contributed by atoms with Gasteiger partial charge in [0.05, 0.1) is 20.3 Å². The van der Waals surface area contributed by atoms with E-state index in [1.54, 1.807) is 20.8 Å². The van der Waals surface area contributed by atoms with Crippen LogP contribution < -0.4 is 10.6 Å². The molecular weight excluding hydrogens is 340 g/mol. The Balaban J connectivity index is 2.62. The Morgan fingerprint density at radius 3 is 2.35 bits per heavy atom. The Morgan fingerprint density at radius 1 is 1.12 bits per heavy atom. The second-order valence-corrected chi connectivity index (χ2v) is 6.49. The number of rotatable bonds is 8. The molecule has 0 aromatic heterocycles. The van der Waals surface area contributed by atoms with Gasteiger partial charge in [0.15, 0.2) is 0 Å². The monoisotopic (exact) mass is 366 g/mol. The third-order valence-corrected chi connectivity index (χ3v) is 3.04. The number of hydrogen-bond acceptors (Lipinski definition) is 6. The van der Waals surface area contributed by atoms with Crippen LogP contribution >= 0.6 is 0 Å². The lowest BCUT2D eigenvalue weighted by molar-refractivity contribution is -0.141. The Hall–Kier alpha value is -2.61. The molecule has 2 N–H and O–H groups in total. The third-order valence-electron chi connectivity index (χ3n) is 3.04. The summed E-state index contributed by atoms with van der Waals surface area (Å²) < 4.78 is 15.1. The zero-order chi connectivity index (χ0) is 19.6. The second-order valence-electron chi connectivity index (χ2n) is 6.49. The molecule has 0 bridgehead atoms. The van der Waals surface area contributed by atoms with E-state index in [2.05, 4.69) is 15.4 Å². The van der Waals surface area contributed by atoms with Crippen LogP contribution in [0.4, 0.5) is 4.79 Å². The van der Waals surface area contributed by atoms with Crippen molar-refractivity contribution in [1.29, 1.82) is 0 Å². The molecule has 2 amide bonds. The van der Waals surface area contributed by atoms with Crippen molar-refractivity contribution in [3.05, 3.63) is 35.9 Å². The fourth-order valence-corrected chi connectivity index (χ4v) is 1.86. The van der Waals surface area contributed by atoms with Crippen molar-refractivity contribution in [3.63, 3.8) is 0 Å². The first-order chi connectivity index (χ1) is 12.2. The number of hydrogen-bond donors (Lipinski definition) is 2. The molecular formula is C18H26N2O6. The van der Waals surface area contributed by atoms with Crippen LogP contribution in [-0.2, 0) is 30.4 Å². The van der Waals surface area contributed by atoms with Gasteiger partial charge in [-0.2, -0.15) is 0 Å². The number of alkyl carbamates (subject to hydrolysis) is 1. The van der Waals surface area contributed by atoms with E-state index in [-0.39, 0.29) is 19.8 Å². The molecule has 1 atom stereocenters. The summed E-state index contributed by atoms with van der Waals surface area (Å²) in [6.07, 6.45) is -0.751. The van der Waals surface area contributed by atoms with E-state index in [0.29, 0.717) is 0 Å². The summed E-state index contributed by atoms with van der Waals surface area (Å²) in [7, 11) is 1.22. The molecule has 8 heteroatoms. The van der Waals surface area contributed by atoms with Gasteiger partial charge in [-0.1, -0.05) is 30.3 Å². The van der Waals surface area contributed by atoms with Gasteiger partial charge in [0.25, 0.3) is 0 Å². The number of carbonyl (C=O) groups excluding carboxylic acids is 3. The van der Waals surface area contributed by atoms with Crippen LogP contribution in [0.25, 0.3) is 0 Å². The van der Waals surface area contributed by atoms with Crippen LogP contribution in [-0.4, -0.2) is 49.9 Å². The maximum Gasteiger partial charge on any atom is 0.408 e. The third kappa shape index (κ3) is 9.03. The average Bonchev–Trinajstić information content (AvgIpc) is 2.57. The highest BCUT2D eigenvalue weighted by molar-refractivity contribution is 5.88. The molecule has 0 fully saturated rings. The molecule has 0 radical (unpaired) electrons. The van der Waals surface area contributed by atoms with Crippen LogP contribution in [0.5, 0.6) is 0 Å². The smallest absolute Gasteiger partial charge is 0.408 e. The van der Waals surface area contributed by atoms with Crippen molar-refractivity contribution in [3.8, 4) is 0 Å². The van der Waals surface area contributed by atoms with Crippen LogP contribution in [0.15, 0.2) is 30.3 Å². The zero-order valence-electron chi connectivity index (χ0n) is 15.5. The van der Waals surface area contributed by atoms with Gasteiger partial charge in [-0.15, -0.1) is 0 Å². The number of benzene rings is 1. The lowest BCUT2D eigenvalue weighted by atomic mass is 10.2. The number of carbonyl (C=O) groups is 3. The summed E-state index contributed by atoms with van der Waals surface area (Å²) in [6.45, 7) is 5.03. The van der Waals surface area contributed by atoms with Gasteiger partial charge in [0.1, 0.15) is 18.2 Å². The molecule has 1 aromatic rings. The first-order valence-electron chi connectivity index (χ1n) is 8.17. The maximum atomic E-state index is 12.2. The van der Waals surface area contributed by atoms with Crippen molar-refractivity contribution in [2.45, 2.75) is 39.0 Å². The average molecular weight is 366 g/mol. The second kappa shape index (κ2) is 10.4. The molecule has 0 aliphatic carbocycles. The molecule has 0 aliphatic rings. The molecule has 0 saturated heterocycles. The van der Waals surface area contributed by atoms with Crippen molar-refractivity contribution in [1.82, 2.24) is 10.6 Å². The fraction of sp³-hybridized carbons (Fsp3) is 0.500. The quantitative estimate of drug-likeness (QED) is 0.674. The van der Waals surface area contributed by atoms with E-state index in [4.69, 9.17) is 9.47 Å². The Morgan fingerprint density at radius 2 is 1.77 bits per heavy atom. The molecule has 26 heavy (non-hydrogen) atoms. The number of nitrogens with one attached hydrogen (secondary N) is 2. The predicted octanol–water partition coefficient (Wildman–Crippen LogP) is 1.39. The van der Waals surface area contributed by atoms with Crippen molar-refractivity contribution in [2.24, 2.45) is 0 Å². The summed E-state index contributed by atoms with van der Waals surface area (Å²) in [5, 5.41) is 4.84. The van der Waals surface area contributed by atoms with Crippen molar-refractivity contribution in [2.75, 3.05) is 20.3 Å². The Kier molecular flexibility index (Phi) is 8.57. The van der Waals surface area contributed by atoms with E-state index >= 15 is 0 Å². The van der Waals surface area contributed by atoms with Crippen molar-refractivity contribution < 1.29 is 28.6 Å². The van der Waals surface area contributed by atoms with E-state index in [1.807, 2.05) is 30.3 Å². The van der Waals surface area contributed by atoms with Gasteiger partial charge >= 0.3 is 12.1 Å². The summed E-state index contributed by atoms with van der Waals surface area (Å²) >= 11 is 0. The molecule has 1 aromatic carbocycles. The Bertz CT molecular complexity index is 597. The maximum absolute atomic E-state index is 12.2. The molecule has 0 unspecified atom stereocenters. The van der Waals surface area contributed by atoms with Gasteiger partial charge in [-0.25, -0.2) is 4.79 Å². The molecule has 0 spiro atoms. The summed E-state index contributed by atoms with van der Waals surface area (Å²) in [4.78, 5) is 35.3. The van der Waals surface area contributed by atoms with Crippen LogP contribution in [0.2, 0.25) is 0 Å². The summed E-state index contributed by atoms with van der Waals surface area (Å²) in [6, 6.07) is 8.38. The largest absolute Gasteiger partial charge is 0.468 e. The number of methoxy groups -OCH3 is 1. The molecule has 0 heterocycles. The van der Waals surface area contributed by atoms with Gasteiger partial charge in [0, 0.05) is 0 Å². The molecule has 1 rings (SSSR count). The minimum atomic E-state index is -1.02. The first kappa shape index (κ1) is 21.4. The van der Waals surface area contributed by atoms with E-state index < -0.39 is 29.6 Å². The minimum absolute atomic E-state index is 0.0822. The molecule has 144 valence electrons. The lowest BCUT2D eigenvalue weighted by Crippen LogP contribution is -2.51. The number of ether oxygens (including phenoxy) is 3. The van der Waals surface area contributed by atoms with Crippen LogP contribution in [0.3, 0.4) is 0 Å². The number of amides is 2. The highest BCUT2D eigenvalue weighted by Gasteiger charge is 2.25. The molecule has 0 saturated carbocycles.